The van der Waals surface area contributed by atoms with Crippen molar-refractivity contribution in [2.45, 2.75) is 34.6 Å². The van der Waals surface area contributed by atoms with Crippen LogP contribution in [-0.2, 0) is 0 Å². The van der Waals surface area contributed by atoms with Crippen molar-refractivity contribution < 1.29 is 4.74 Å². The molecule has 0 saturated carbocycles. The van der Waals surface area contributed by atoms with Gasteiger partial charge in [0.15, 0.2) is 0 Å². The van der Waals surface area contributed by atoms with Crippen LogP contribution in [0.5, 0.6) is 5.88 Å². The van der Waals surface area contributed by atoms with E-state index in [1.54, 1.807) is 20.1 Å². The number of anilines is 1. The fourth-order valence-electron chi connectivity index (χ4n) is 0.667. The molecule has 0 bridgehead atoms. The number of hydrogen-bond acceptors (Lipinski definition) is 4. The summed E-state index contributed by atoms with van der Waals surface area (Å²) in [6.45, 7) is 9.76. The first-order valence-corrected chi connectivity index (χ1v) is 4.87. The van der Waals surface area contributed by atoms with E-state index in [0.717, 1.165) is 0 Å². The molecule has 0 spiro atoms. The van der Waals surface area contributed by atoms with Crippen LogP contribution < -0.4 is 10.5 Å². The lowest BCUT2D eigenvalue weighted by molar-refractivity contribution is 0.396. The van der Waals surface area contributed by atoms with Gasteiger partial charge in [0.1, 0.15) is 11.6 Å². The standard InChI is InChI=1S/C6H9N3O.2C2H6/c1-4-8-5(7)3-6(9-4)10-2;2*1-2/h3H,1-2H3,(H2,7,8,9);2*1-2H3. The zero-order valence-corrected chi connectivity index (χ0v) is 9.96. The van der Waals surface area contributed by atoms with Gasteiger partial charge in [-0.1, -0.05) is 27.7 Å². The average Bonchev–Trinajstić information content (AvgIpc) is 2.22. The van der Waals surface area contributed by atoms with Gasteiger partial charge in [0.2, 0.25) is 5.88 Å². The number of rotatable bonds is 1. The zero-order valence-electron chi connectivity index (χ0n) is 9.96. The molecule has 0 atom stereocenters. The molecule has 0 saturated heterocycles. The molecule has 1 aromatic rings. The third-order valence-electron chi connectivity index (χ3n) is 1.04. The van der Waals surface area contributed by atoms with Gasteiger partial charge < -0.3 is 10.5 Å². The second-order valence-electron chi connectivity index (χ2n) is 1.88. The van der Waals surface area contributed by atoms with Crippen LogP contribution in [0.25, 0.3) is 0 Å². The molecule has 14 heavy (non-hydrogen) atoms. The molecule has 0 radical (unpaired) electrons. The fourth-order valence-corrected chi connectivity index (χ4v) is 0.667. The molecule has 1 aromatic heterocycles. The predicted molar refractivity (Wildman–Crippen MR) is 60.4 cm³/mol. The monoisotopic (exact) mass is 199 g/mol. The highest BCUT2D eigenvalue weighted by Crippen LogP contribution is 2.08. The van der Waals surface area contributed by atoms with Gasteiger partial charge in [0, 0.05) is 6.07 Å². The Labute approximate surface area is 86.5 Å². The van der Waals surface area contributed by atoms with E-state index in [2.05, 4.69) is 9.97 Å². The van der Waals surface area contributed by atoms with Crippen LogP contribution in [0.15, 0.2) is 6.07 Å². The summed E-state index contributed by atoms with van der Waals surface area (Å²) in [5.74, 6) is 1.56. The second-order valence-corrected chi connectivity index (χ2v) is 1.88. The molecular formula is C10H21N3O. The van der Waals surface area contributed by atoms with Crippen molar-refractivity contribution in [1.82, 2.24) is 9.97 Å². The van der Waals surface area contributed by atoms with Gasteiger partial charge in [-0.15, -0.1) is 0 Å². The summed E-state index contributed by atoms with van der Waals surface area (Å²) in [5.41, 5.74) is 5.40. The van der Waals surface area contributed by atoms with Gasteiger partial charge in [-0.05, 0) is 6.92 Å². The van der Waals surface area contributed by atoms with Crippen molar-refractivity contribution in [2.75, 3.05) is 12.8 Å². The van der Waals surface area contributed by atoms with E-state index in [1.165, 1.54) is 0 Å². The number of nitrogens with two attached hydrogens (primary N) is 1. The summed E-state index contributed by atoms with van der Waals surface area (Å²) >= 11 is 0. The van der Waals surface area contributed by atoms with Gasteiger partial charge >= 0.3 is 0 Å². The van der Waals surface area contributed by atoms with Crippen LogP contribution in [0.1, 0.15) is 33.5 Å². The van der Waals surface area contributed by atoms with Gasteiger partial charge in [-0.3, -0.25) is 0 Å². The summed E-state index contributed by atoms with van der Waals surface area (Å²) in [7, 11) is 1.54. The summed E-state index contributed by atoms with van der Waals surface area (Å²) in [6.07, 6.45) is 0. The second kappa shape index (κ2) is 9.77. The highest BCUT2D eigenvalue weighted by Gasteiger charge is 1.95. The van der Waals surface area contributed by atoms with Crippen LogP contribution in [0.2, 0.25) is 0 Å². The van der Waals surface area contributed by atoms with E-state index in [9.17, 15) is 0 Å². The molecule has 0 amide bonds. The van der Waals surface area contributed by atoms with E-state index in [0.29, 0.717) is 17.5 Å². The SMILES string of the molecule is CC.CC.COc1cc(N)nc(C)n1. The van der Waals surface area contributed by atoms with Crippen LogP contribution in [0, 0.1) is 6.92 Å². The Hall–Kier alpha value is -1.32. The molecule has 0 aromatic carbocycles. The van der Waals surface area contributed by atoms with Crippen molar-refractivity contribution in [3.63, 3.8) is 0 Å². The van der Waals surface area contributed by atoms with Crippen LogP contribution in [0.3, 0.4) is 0 Å². The normalized spacial score (nSPS) is 7.57. The van der Waals surface area contributed by atoms with Crippen LogP contribution in [0.4, 0.5) is 5.82 Å². The quantitative estimate of drug-likeness (QED) is 0.754. The van der Waals surface area contributed by atoms with Crippen molar-refractivity contribution in [2.24, 2.45) is 0 Å². The highest BCUT2D eigenvalue weighted by molar-refractivity contribution is 5.32. The largest absolute Gasteiger partial charge is 0.481 e. The molecular weight excluding hydrogens is 178 g/mol. The third-order valence-corrected chi connectivity index (χ3v) is 1.04. The molecule has 82 valence electrons. The molecule has 4 heteroatoms. The molecule has 1 rings (SSSR count). The maximum Gasteiger partial charge on any atom is 0.218 e. The minimum atomic E-state index is 0.435. The number of aromatic nitrogens is 2. The first-order chi connectivity index (χ1) is 6.72. The average molecular weight is 199 g/mol. The minimum Gasteiger partial charge on any atom is -0.481 e. The van der Waals surface area contributed by atoms with E-state index in [-0.39, 0.29) is 0 Å². The van der Waals surface area contributed by atoms with E-state index in [4.69, 9.17) is 10.5 Å². The molecule has 0 fully saturated rings. The lowest BCUT2D eigenvalue weighted by atomic mass is 10.5. The Morgan fingerprint density at radius 2 is 1.64 bits per heavy atom. The lowest BCUT2D eigenvalue weighted by Crippen LogP contribution is -1.97. The van der Waals surface area contributed by atoms with Gasteiger partial charge in [0.25, 0.3) is 0 Å². The van der Waals surface area contributed by atoms with E-state index in [1.807, 2.05) is 27.7 Å². The fraction of sp³-hybridized carbons (Fsp3) is 0.600. The van der Waals surface area contributed by atoms with Crippen molar-refractivity contribution in [3.05, 3.63) is 11.9 Å². The number of nitrogens with zero attached hydrogens (tertiary/aromatic N) is 2. The summed E-state index contributed by atoms with van der Waals surface area (Å²) in [6, 6.07) is 1.58. The maximum atomic E-state index is 5.40. The third kappa shape index (κ3) is 6.22. The van der Waals surface area contributed by atoms with Gasteiger partial charge in [-0.2, -0.15) is 4.98 Å². The Bertz CT molecular complexity index is 219. The first-order valence-electron chi connectivity index (χ1n) is 4.87. The Morgan fingerprint density at radius 3 is 2.00 bits per heavy atom. The van der Waals surface area contributed by atoms with Crippen LogP contribution in [-0.4, -0.2) is 17.1 Å². The Kier molecular flexibility index (Phi) is 10.6. The number of aryl methyl sites for hydroxylation is 1. The molecule has 2 N–H and O–H groups in total. The molecule has 1 heterocycles. The Balaban J connectivity index is 0. The Morgan fingerprint density at radius 1 is 1.14 bits per heavy atom. The molecule has 4 nitrogen and oxygen atoms in total. The molecule has 0 aliphatic carbocycles. The van der Waals surface area contributed by atoms with E-state index < -0.39 is 0 Å². The first kappa shape index (κ1) is 15.2. The number of nitrogen functional groups attached to an aromatic ring is 1. The molecule has 0 unspecified atom stereocenters. The predicted octanol–water partition coefficient (Wildman–Crippen LogP) is 2.43. The van der Waals surface area contributed by atoms with Crippen molar-refractivity contribution in [3.8, 4) is 5.88 Å². The van der Waals surface area contributed by atoms with Crippen molar-refractivity contribution >= 4 is 5.82 Å². The zero-order chi connectivity index (χ0) is 11.6. The molecule has 0 aliphatic rings. The maximum absolute atomic E-state index is 5.40. The number of hydrogen-bond donors (Lipinski definition) is 1. The summed E-state index contributed by atoms with van der Waals surface area (Å²) in [4.78, 5) is 7.81. The highest BCUT2D eigenvalue weighted by atomic mass is 16.5. The van der Waals surface area contributed by atoms with Crippen molar-refractivity contribution in [1.29, 1.82) is 0 Å². The smallest absolute Gasteiger partial charge is 0.218 e. The minimum absolute atomic E-state index is 0.435. The van der Waals surface area contributed by atoms with Crippen LogP contribution >= 0.6 is 0 Å². The lowest BCUT2D eigenvalue weighted by Gasteiger charge is -1.99. The van der Waals surface area contributed by atoms with Gasteiger partial charge in [0.05, 0.1) is 7.11 Å². The number of ether oxygens (including phenoxy) is 1. The van der Waals surface area contributed by atoms with Gasteiger partial charge in [-0.25, -0.2) is 4.98 Å². The topological polar surface area (TPSA) is 61.0 Å². The molecule has 0 aliphatic heterocycles. The summed E-state index contributed by atoms with van der Waals surface area (Å²) in [5, 5.41) is 0. The number of methoxy groups -OCH3 is 1. The summed E-state index contributed by atoms with van der Waals surface area (Å²) < 4.78 is 4.84. The van der Waals surface area contributed by atoms with E-state index >= 15 is 0 Å².